The predicted molar refractivity (Wildman–Crippen MR) is 91.1 cm³/mol. The Morgan fingerprint density at radius 3 is 3.04 bits per heavy atom. The van der Waals surface area contributed by atoms with Crippen molar-refractivity contribution in [1.82, 2.24) is 15.1 Å². The van der Waals surface area contributed by atoms with Crippen LogP contribution in [0.1, 0.15) is 40.4 Å². The summed E-state index contributed by atoms with van der Waals surface area (Å²) in [5.41, 5.74) is 2.07. The number of fused-ring (bicyclic) bond motifs is 1. The molecule has 2 aliphatic heterocycles. The molecule has 26 heavy (non-hydrogen) atoms. The molecule has 1 aromatic heterocycles. The highest BCUT2D eigenvalue weighted by atomic mass is 19.1. The molecule has 1 fully saturated rings. The van der Waals surface area contributed by atoms with E-state index in [1.807, 2.05) is 13.2 Å². The average Bonchev–Trinajstić information content (AvgIpc) is 3.22. The lowest BCUT2D eigenvalue weighted by Gasteiger charge is -2.21. The first kappa shape index (κ1) is 16.7. The van der Waals surface area contributed by atoms with Crippen LogP contribution < -0.4 is 10.6 Å². The number of carbonyl (C=O) groups is 2. The Morgan fingerprint density at radius 2 is 2.27 bits per heavy atom. The minimum Gasteiger partial charge on any atom is -0.371 e. The largest absolute Gasteiger partial charge is 0.371 e. The first-order valence-electron chi connectivity index (χ1n) is 8.54. The average molecular weight is 358 g/mol. The number of aromatic nitrogens is 2. The van der Waals surface area contributed by atoms with Gasteiger partial charge >= 0.3 is 0 Å². The van der Waals surface area contributed by atoms with Crippen LogP contribution >= 0.6 is 0 Å². The quantitative estimate of drug-likeness (QED) is 0.875. The van der Waals surface area contributed by atoms with E-state index in [0.29, 0.717) is 31.6 Å². The maximum Gasteiger partial charge on any atom is 0.254 e. The fourth-order valence-corrected chi connectivity index (χ4v) is 3.48. The monoisotopic (exact) mass is 358 g/mol. The third-order valence-electron chi connectivity index (χ3n) is 4.79. The van der Waals surface area contributed by atoms with Gasteiger partial charge in [0.25, 0.3) is 5.91 Å². The summed E-state index contributed by atoms with van der Waals surface area (Å²) in [5.74, 6) is -1.27. The lowest BCUT2D eigenvalue weighted by Crippen LogP contribution is -2.37. The van der Waals surface area contributed by atoms with E-state index in [4.69, 9.17) is 4.74 Å². The molecule has 4 rings (SSSR count). The number of carbonyl (C=O) groups excluding carboxylic acids is 2. The van der Waals surface area contributed by atoms with Gasteiger partial charge in [-0.25, -0.2) is 4.39 Å². The Labute approximate surface area is 149 Å². The number of benzene rings is 1. The van der Waals surface area contributed by atoms with Crippen LogP contribution in [-0.4, -0.2) is 34.2 Å². The lowest BCUT2D eigenvalue weighted by molar-refractivity contribution is -0.116. The zero-order chi connectivity index (χ0) is 18.3. The Morgan fingerprint density at radius 1 is 1.42 bits per heavy atom. The number of nitrogens with one attached hydrogen (secondary N) is 2. The van der Waals surface area contributed by atoms with E-state index in [0.717, 1.165) is 11.1 Å². The zero-order valence-electron chi connectivity index (χ0n) is 14.3. The number of hydrogen-bond acceptors (Lipinski definition) is 4. The standard InChI is InChI=1S/C18H19FN4O3/c1-23-9-11(8-20-23)17-14(4-5-26-17)22-18(25)12-6-10-2-3-16(24)21-15(10)7-13(12)19/h6-9,14,17H,2-5H2,1H3,(H,21,24)(H,22,25)/t14-,17+/m0/s1. The maximum absolute atomic E-state index is 14.4. The molecule has 2 aromatic rings. The summed E-state index contributed by atoms with van der Waals surface area (Å²) >= 11 is 0. The first-order chi connectivity index (χ1) is 12.5. The Kier molecular flexibility index (Phi) is 4.20. The fourth-order valence-electron chi connectivity index (χ4n) is 3.48. The minimum atomic E-state index is -0.653. The second-order valence-corrected chi connectivity index (χ2v) is 6.64. The van der Waals surface area contributed by atoms with Gasteiger partial charge in [0.1, 0.15) is 11.9 Å². The SMILES string of the molecule is Cn1cc([C@H]2OCC[C@@H]2NC(=O)c2cc3c(cc2F)NC(=O)CC3)cn1. The highest BCUT2D eigenvalue weighted by Gasteiger charge is 2.32. The molecule has 2 N–H and O–H groups in total. The number of aryl methyl sites for hydroxylation is 2. The van der Waals surface area contributed by atoms with Crippen LogP contribution in [0.3, 0.4) is 0 Å². The van der Waals surface area contributed by atoms with Crippen molar-refractivity contribution in [3.8, 4) is 0 Å². The van der Waals surface area contributed by atoms with Crippen molar-refractivity contribution >= 4 is 17.5 Å². The summed E-state index contributed by atoms with van der Waals surface area (Å²) in [6.07, 6.45) is 4.72. The van der Waals surface area contributed by atoms with Crippen LogP contribution in [0.2, 0.25) is 0 Å². The molecule has 2 aliphatic rings. The van der Waals surface area contributed by atoms with Crippen molar-refractivity contribution < 1.29 is 18.7 Å². The predicted octanol–water partition coefficient (Wildman–Crippen LogP) is 1.70. The number of anilines is 1. The smallest absolute Gasteiger partial charge is 0.254 e. The highest BCUT2D eigenvalue weighted by Crippen LogP contribution is 2.30. The lowest BCUT2D eigenvalue weighted by atomic mass is 9.99. The van der Waals surface area contributed by atoms with Crippen molar-refractivity contribution in [2.45, 2.75) is 31.4 Å². The third-order valence-corrected chi connectivity index (χ3v) is 4.79. The molecule has 0 unspecified atom stereocenters. The van der Waals surface area contributed by atoms with Gasteiger partial charge in [0, 0.05) is 37.5 Å². The second-order valence-electron chi connectivity index (χ2n) is 6.64. The molecule has 136 valence electrons. The Balaban J connectivity index is 1.54. The summed E-state index contributed by atoms with van der Waals surface area (Å²) in [4.78, 5) is 24.1. The van der Waals surface area contributed by atoms with E-state index in [1.54, 1.807) is 10.9 Å². The van der Waals surface area contributed by atoms with E-state index in [1.165, 1.54) is 12.1 Å². The van der Waals surface area contributed by atoms with Gasteiger partial charge in [0.05, 0.1) is 17.8 Å². The zero-order valence-corrected chi connectivity index (χ0v) is 14.3. The van der Waals surface area contributed by atoms with Gasteiger partial charge in [-0.1, -0.05) is 0 Å². The summed E-state index contributed by atoms with van der Waals surface area (Å²) in [6.45, 7) is 0.517. The Hall–Kier alpha value is -2.74. The molecule has 8 heteroatoms. The van der Waals surface area contributed by atoms with Crippen molar-refractivity contribution in [1.29, 1.82) is 0 Å². The molecular weight excluding hydrogens is 339 g/mol. The van der Waals surface area contributed by atoms with Crippen molar-refractivity contribution in [3.05, 3.63) is 47.0 Å². The van der Waals surface area contributed by atoms with Gasteiger partial charge in [0.2, 0.25) is 5.91 Å². The van der Waals surface area contributed by atoms with Gasteiger partial charge < -0.3 is 15.4 Å². The number of nitrogens with zero attached hydrogens (tertiary/aromatic N) is 2. The van der Waals surface area contributed by atoms with Crippen molar-refractivity contribution in [3.63, 3.8) is 0 Å². The molecule has 0 radical (unpaired) electrons. The van der Waals surface area contributed by atoms with E-state index in [9.17, 15) is 14.0 Å². The number of hydrogen-bond donors (Lipinski definition) is 2. The first-order valence-corrected chi connectivity index (χ1v) is 8.54. The second kappa shape index (κ2) is 6.53. The normalized spacial score (nSPS) is 22.0. The third kappa shape index (κ3) is 3.08. The molecule has 1 saturated heterocycles. The number of rotatable bonds is 3. The number of ether oxygens (including phenoxy) is 1. The topological polar surface area (TPSA) is 85.2 Å². The molecule has 0 saturated carbocycles. The summed E-state index contributed by atoms with van der Waals surface area (Å²) in [7, 11) is 1.81. The fraction of sp³-hybridized carbons (Fsp3) is 0.389. The molecule has 2 atom stereocenters. The Bertz CT molecular complexity index is 879. The van der Waals surface area contributed by atoms with E-state index in [-0.39, 0.29) is 23.6 Å². The number of halogens is 1. The molecule has 7 nitrogen and oxygen atoms in total. The summed E-state index contributed by atoms with van der Waals surface area (Å²) in [6, 6.07) is 2.49. The molecule has 2 amide bonds. The van der Waals surface area contributed by atoms with E-state index < -0.39 is 11.7 Å². The van der Waals surface area contributed by atoms with Crippen molar-refractivity contribution in [2.75, 3.05) is 11.9 Å². The molecule has 1 aromatic carbocycles. The van der Waals surface area contributed by atoms with Gasteiger partial charge in [-0.2, -0.15) is 5.10 Å². The minimum absolute atomic E-state index is 0.0169. The van der Waals surface area contributed by atoms with Gasteiger partial charge in [-0.15, -0.1) is 0 Å². The molecule has 0 aliphatic carbocycles. The van der Waals surface area contributed by atoms with Gasteiger partial charge in [0.15, 0.2) is 0 Å². The van der Waals surface area contributed by atoms with Crippen LogP contribution in [0.25, 0.3) is 0 Å². The summed E-state index contributed by atoms with van der Waals surface area (Å²) < 4.78 is 21.8. The van der Waals surface area contributed by atoms with Gasteiger partial charge in [-0.3, -0.25) is 14.3 Å². The van der Waals surface area contributed by atoms with Crippen LogP contribution in [0.5, 0.6) is 0 Å². The van der Waals surface area contributed by atoms with Crippen LogP contribution in [0, 0.1) is 5.82 Å². The van der Waals surface area contributed by atoms with Crippen molar-refractivity contribution in [2.24, 2.45) is 7.05 Å². The van der Waals surface area contributed by atoms with E-state index in [2.05, 4.69) is 15.7 Å². The van der Waals surface area contributed by atoms with Crippen LogP contribution in [0.15, 0.2) is 24.5 Å². The molecule has 0 bridgehead atoms. The van der Waals surface area contributed by atoms with Gasteiger partial charge in [-0.05, 0) is 30.5 Å². The van der Waals surface area contributed by atoms with Crippen LogP contribution in [0.4, 0.5) is 10.1 Å². The van der Waals surface area contributed by atoms with Crippen LogP contribution in [-0.2, 0) is 23.0 Å². The van der Waals surface area contributed by atoms with E-state index >= 15 is 0 Å². The summed E-state index contributed by atoms with van der Waals surface area (Å²) in [5, 5.41) is 9.64. The maximum atomic E-state index is 14.4. The highest BCUT2D eigenvalue weighted by molar-refractivity contribution is 5.98. The number of amides is 2. The molecular formula is C18H19FN4O3. The molecule has 3 heterocycles. The molecule has 0 spiro atoms.